The summed E-state index contributed by atoms with van der Waals surface area (Å²) in [6.07, 6.45) is 0. The molecule has 2 aromatic rings. The largest absolute Gasteiger partial charge is 0.409 e. The summed E-state index contributed by atoms with van der Waals surface area (Å²) in [6, 6.07) is 14.0. The Morgan fingerprint density at radius 1 is 1.00 bits per heavy atom. The maximum Gasteiger partial charge on any atom is 0.170 e. The molecule has 3 N–H and O–H groups in total. The number of hydrogen-bond donors (Lipinski definition) is 2. The van der Waals surface area contributed by atoms with E-state index in [9.17, 15) is 0 Å². The summed E-state index contributed by atoms with van der Waals surface area (Å²) in [6.45, 7) is 4.22. The first-order valence-electron chi connectivity index (χ1n) is 5.93. The molecule has 0 bridgehead atoms. The molecule has 0 atom stereocenters. The first-order valence-corrected chi connectivity index (χ1v) is 6.75. The summed E-state index contributed by atoms with van der Waals surface area (Å²) in [4.78, 5) is 2.33. The number of benzene rings is 2. The summed E-state index contributed by atoms with van der Waals surface area (Å²) in [7, 11) is 0. The lowest BCUT2D eigenvalue weighted by Gasteiger charge is -2.06. The molecule has 0 fully saturated rings. The zero-order chi connectivity index (χ0) is 13.8. The van der Waals surface area contributed by atoms with Crippen LogP contribution in [0, 0.1) is 13.8 Å². The van der Waals surface area contributed by atoms with Gasteiger partial charge in [-0.25, -0.2) is 0 Å². The highest BCUT2D eigenvalue weighted by Crippen LogP contribution is 2.29. The molecule has 0 amide bonds. The van der Waals surface area contributed by atoms with E-state index in [-0.39, 0.29) is 5.84 Å². The van der Waals surface area contributed by atoms with Gasteiger partial charge in [0.1, 0.15) is 0 Å². The lowest BCUT2D eigenvalue weighted by Crippen LogP contribution is -2.12. The van der Waals surface area contributed by atoms with Crippen LogP contribution in [-0.2, 0) is 0 Å². The van der Waals surface area contributed by atoms with Gasteiger partial charge in [-0.1, -0.05) is 35.1 Å². The van der Waals surface area contributed by atoms with Crippen molar-refractivity contribution in [1.82, 2.24) is 0 Å². The maximum absolute atomic E-state index is 8.61. The molecule has 0 aliphatic carbocycles. The molecular weight excluding hydrogens is 256 g/mol. The van der Waals surface area contributed by atoms with Crippen molar-refractivity contribution in [3.63, 3.8) is 0 Å². The van der Waals surface area contributed by atoms with E-state index in [1.54, 1.807) is 11.8 Å². The van der Waals surface area contributed by atoms with Crippen molar-refractivity contribution in [2.45, 2.75) is 23.6 Å². The van der Waals surface area contributed by atoms with E-state index < -0.39 is 0 Å². The van der Waals surface area contributed by atoms with Gasteiger partial charge in [0.2, 0.25) is 0 Å². The Kier molecular flexibility index (Phi) is 4.12. The number of hydrogen-bond acceptors (Lipinski definition) is 3. The number of rotatable bonds is 3. The molecule has 3 nitrogen and oxygen atoms in total. The second-order valence-corrected chi connectivity index (χ2v) is 5.50. The number of nitrogens with two attached hydrogens (primary N) is 1. The molecule has 4 heteroatoms. The molecule has 0 unspecified atom stereocenters. The normalized spacial score (nSPS) is 11.6. The second-order valence-electron chi connectivity index (χ2n) is 4.36. The fourth-order valence-electron chi connectivity index (χ4n) is 1.66. The lowest BCUT2D eigenvalue weighted by molar-refractivity contribution is 0.318. The van der Waals surface area contributed by atoms with Crippen LogP contribution in [0.5, 0.6) is 0 Å². The van der Waals surface area contributed by atoms with E-state index in [0.29, 0.717) is 5.56 Å². The van der Waals surface area contributed by atoms with Crippen molar-refractivity contribution in [3.05, 3.63) is 59.2 Å². The minimum absolute atomic E-state index is 0.128. The number of oxime groups is 1. The van der Waals surface area contributed by atoms with Crippen LogP contribution in [0.15, 0.2) is 57.4 Å². The molecule has 0 saturated heterocycles. The van der Waals surface area contributed by atoms with Crippen molar-refractivity contribution in [1.29, 1.82) is 0 Å². The molecule has 0 aromatic heterocycles. The SMILES string of the molecule is Cc1ccc(Sc2ccc(/C(N)=N/O)cc2)cc1C. The minimum Gasteiger partial charge on any atom is -0.409 e. The van der Waals surface area contributed by atoms with Crippen LogP contribution >= 0.6 is 11.8 Å². The van der Waals surface area contributed by atoms with Gasteiger partial charge < -0.3 is 10.9 Å². The van der Waals surface area contributed by atoms with Crippen LogP contribution < -0.4 is 5.73 Å². The lowest BCUT2D eigenvalue weighted by atomic mass is 10.1. The van der Waals surface area contributed by atoms with Crippen LogP contribution in [0.4, 0.5) is 0 Å². The summed E-state index contributed by atoms with van der Waals surface area (Å²) >= 11 is 1.70. The smallest absolute Gasteiger partial charge is 0.170 e. The van der Waals surface area contributed by atoms with Crippen molar-refractivity contribution < 1.29 is 5.21 Å². The zero-order valence-corrected chi connectivity index (χ0v) is 11.7. The molecule has 0 radical (unpaired) electrons. The standard InChI is InChI=1S/C15H16N2OS/c1-10-3-6-14(9-11(10)2)19-13-7-4-12(5-8-13)15(16)17-18/h3-9,18H,1-2H3,(H2,16,17). The van der Waals surface area contributed by atoms with Gasteiger partial charge >= 0.3 is 0 Å². The monoisotopic (exact) mass is 272 g/mol. The van der Waals surface area contributed by atoms with E-state index in [0.717, 1.165) is 4.90 Å². The van der Waals surface area contributed by atoms with Crippen LogP contribution in [0.3, 0.4) is 0 Å². The van der Waals surface area contributed by atoms with E-state index in [1.165, 1.54) is 16.0 Å². The van der Waals surface area contributed by atoms with Gasteiger partial charge in [-0.3, -0.25) is 0 Å². The average molecular weight is 272 g/mol. The molecule has 0 aliphatic heterocycles. The first kappa shape index (κ1) is 13.5. The third-order valence-corrected chi connectivity index (χ3v) is 3.97. The van der Waals surface area contributed by atoms with Gasteiger partial charge in [-0.2, -0.15) is 0 Å². The van der Waals surface area contributed by atoms with Gasteiger partial charge in [-0.15, -0.1) is 0 Å². The Hall–Kier alpha value is -1.94. The van der Waals surface area contributed by atoms with Crippen LogP contribution in [0.2, 0.25) is 0 Å². The Bertz CT molecular complexity index is 606. The maximum atomic E-state index is 8.61. The Morgan fingerprint density at radius 3 is 2.21 bits per heavy atom. The Labute approximate surface area is 117 Å². The van der Waals surface area contributed by atoms with Gasteiger partial charge in [0.15, 0.2) is 5.84 Å². The van der Waals surface area contributed by atoms with E-state index in [1.807, 2.05) is 24.3 Å². The molecule has 2 rings (SSSR count). The summed E-state index contributed by atoms with van der Waals surface area (Å²) < 4.78 is 0. The molecule has 19 heavy (non-hydrogen) atoms. The highest BCUT2D eigenvalue weighted by atomic mass is 32.2. The quantitative estimate of drug-likeness (QED) is 0.389. The van der Waals surface area contributed by atoms with Gasteiger partial charge in [0.05, 0.1) is 0 Å². The van der Waals surface area contributed by atoms with Crippen LogP contribution in [0.1, 0.15) is 16.7 Å². The highest BCUT2D eigenvalue weighted by Gasteiger charge is 2.02. The summed E-state index contributed by atoms with van der Waals surface area (Å²) in [5, 5.41) is 11.6. The van der Waals surface area contributed by atoms with E-state index >= 15 is 0 Å². The van der Waals surface area contributed by atoms with Crippen molar-refractivity contribution in [2.75, 3.05) is 0 Å². The van der Waals surface area contributed by atoms with Crippen molar-refractivity contribution in [3.8, 4) is 0 Å². The van der Waals surface area contributed by atoms with Crippen LogP contribution in [-0.4, -0.2) is 11.0 Å². The molecule has 0 saturated carbocycles. The zero-order valence-electron chi connectivity index (χ0n) is 10.9. The van der Waals surface area contributed by atoms with Gasteiger partial charge in [0.25, 0.3) is 0 Å². The third-order valence-electron chi connectivity index (χ3n) is 2.97. The van der Waals surface area contributed by atoms with Gasteiger partial charge in [-0.05, 0) is 49.2 Å². The van der Waals surface area contributed by atoms with Crippen LogP contribution in [0.25, 0.3) is 0 Å². The molecule has 0 spiro atoms. The first-order chi connectivity index (χ1) is 9.10. The van der Waals surface area contributed by atoms with Gasteiger partial charge in [0, 0.05) is 15.4 Å². The second kappa shape index (κ2) is 5.80. The van der Waals surface area contributed by atoms with Crippen molar-refractivity contribution in [2.24, 2.45) is 10.9 Å². The fraction of sp³-hybridized carbons (Fsp3) is 0.133. The predicted octanol–water partition coefficient (Wildman–Crippen LogP) is 3.55. The molecule has 98 valence electrons. The molecule has 0 heterocycles. The van der Waals surface area contributed by atoms with E-state index in [4.69, 9.17) is 10.9 Å². The van der Waals surface area contributed by atoms with Crippen molar-refractivity contribution >= 4 is 17.6 Å². The molecular formula is C15H16N2OS. The fourth-order valence-corrected chi connectivity index (χ4v) is 2.58. The number of aryl methyl sites for hydroxylation is 2. The molecule has 0 aliphatic rings. The topological polar surface area (TPSA) is 58.6 Å². The summed E-state index contributed by atoms with van der Waals surface area (Å²) in [5.41, 5.74) is 8.83. The average Bonchev–Trinajstić information content (AvgIpc) is 2.43. The predicted molar refractivity (Wildman–Crippen MR) is 79.0 cm³/mol. The number of amidine groups is 1. The third kappa shape index (κ3) is 3.29. The number of nitrogens with zero attached hydrogens (tertiary/aromatic N) is 1. The minimum atomic E-state index is 0.128. The Morgan fingerprint density at radius 2 is 1.63 bits per heavy atom. The molecule has 2 aromatic carbocycles. The Balaban J connectivity index is 2.17. The highest BCUT2D eigenvalue weighted by molar-refractivity contribution is 7.99. The van der Waals surface area contributed by atoms with E-state index in [2.05, 4.69) is 37.2 Å². The summed E-state index contributed by atoms with van der Waals surface area (Å²) in [5.74, 6) is 0.128.